The molecule has 0 aliphatic rings. The van der Waals surface area contributed by atoms with Crippen molar-refractivity contribution < 1.29 is 4.52 Å². The number of hydrogen-bond donors (Lipinski definition) is 1. The number of benzene rings is 2. The third kappa shape index (κ3) is 2.53. The SMILES string of the molecule is Nc1noc(-c2ccc(I)cc2)c1-c1ccc(Cl)cc1. The minimum absolute atomic E-state index is 0.376. The van der Waals surface area contributed by atoms with E-state index in [2.05, 4.69) is 27.7 Å². The highest BCUT2D eigenvalue weighted by atomic mass is 127. The van der Waals surface area contributed by atoms with E-state index >= 15 is 0 Å². The molecule has 0 fully saturated rings. The first kappa shape index (κ1) is 13.5. The maximum absolute atomic E-state index is 5.94. The maximum Gasteiger partial charge on any atom is 0.176 e. The Hall–Kier alpha value is -1.53. The fraction of sp³-hybridized carbons (Fsp3) is 0. The smallest absolute Gasteiger partial charge is 0.176 e. The van der Waals surface area contributed by atoms with Crippen LogP contribution in [0.4, 0.5) is 5.82 Å². The highest BCUT2D eigenvalue weighted by Crippen LogP contribution is 2.36. The fourth-order valence-electron chi connectivity index (χ4n) is 2.00. The summed E-state index contributed by atoms with van der Waals surface area (Å²) in [5.74, 6) is 1.04. The van der Waals surface area contributed by atoms with Gasteiger partial charge in [0.05, 0.1) is 5.56 Å². The normalized spacial score (nSPS) is 10.7. The molecule has 0 bridgehead atoms. The van der Waals surface area contributed by atoms with Crippen LogP contribution >= 0.6 is 34.2 Å². The molecule has 3 aromatic rings. The highest BCUT2D eigenvalue weighted by molar-refractivity contribution is 14.1. The first-order valence-electron chi connectivity index (χ1n) is 5.92. The number of nitrogens with two attached hydrogens (primary N) is 1. The van der Waals surface area contributed by atoms with Crippen LogP contribution in [0.1, 0.15) is 0 Å². The Morgan fingerprint density at radius 1 is 0.950 bits per heavy atom. The van der Waals surface area contributed by atoms with Crippen molar-refractivity contribution in [3.8, 4) is 22.5 Å². The lowest BCUT2D eigenvalue weighted by atomic mass is 10.0. The molecule has 1 heterocycles. The molecule has 0 radical (unpaired) electrons. The fourth-order valence-corrected chi connectivity index (χ4v) is 2.48. The van der Waals surface area contributed by atoms with E-state index in [0.29, 0.717) is 16.6 Å². The van der Waals surface area contributed by atoms with Gasteiger partial charge in [-0.3, -0.25) is 0 Å². The Balaban J connectivity index is 2.14. The number of aromatic nitrogens is 1. The summed E-state index contributed by atoms with van der Waals surface area (Å²) in [6.07, 6.45) is 0. The maximum atomic E-state index is 5.94. The first-order valence-corrected chi connectivity index (χ1v) is 7.38. The molecule has 0 aliphatic carbocycles. The number of rotatable bonds is 2. The zero-order valence-corrected chi connectivity index (χ0v) is 13.2. The van der Waals surface area contributed by atoms with Crippen LogP contribution in [0.25, 0.3) is 22.5 Å². The van der Waals surface area contributed by atoms with Crippen molar-refractivity contribution in [1.29, 1.82) is 0 Å². The van der Waals surface area contributed by atoms with Crippen LogP contribution in [0.15, 0.2) is 53.1 Å². The van der Waals surface area contributed by atoms with Crippen molar-refractivity contribution in [3.05, 3.63) is 57.1 Å². The molecule has 100 valence electrons. The quantitative estimate of drug-likeness (QED) is 0.630. The van der Waals surface area contributed by atoms with Gasteiger partial charge >= 0.3 is 0 Å². The Morgan fingerprint density at radius 3 is 2.20 bits per heavy atom. The van der Waals surface area contributed by atoms with Gasteiger partial charge in [-0.1, -0.05) is 41.0 Å². The van der Waals surface area contributed by atoms with Gasteiger partial charge in [0.25, 0.3) is 0 Å². The molecule has 0 spiro atoms. The summed E-state index contributed by atoms with van der Waals surface area (Å²) in [4.78, 5) is 0. The van der Waals surface area contributed by atoms with E-state index in [1.165, 1.54) is 0 Å². The number of hydrogen-bond acceptors (Lipinski definition) is 3. The van der Waals surface area contributed by atoms with Crippen molar-refractivity contribution in [3.63, 3.8) is 0 Å². The zero-order valence-electron chi connectivity index (χ0n) is 10.3. The average molecular weight is 397 g/mol. The van der Waals surface area contributed by atoms with E-state index in [-0.39, 0.29) is 0 Å². The van der Waals surface area contributed by atoms with Crippen molar-refractivity contribution in [2.75, 3.05) is 5.73 Å². The lowest BCUT2D eigenvalue weighted by Crippen LogP contribution is -1.88. The van der Waals surface area contributed by atoms with E-state index in [1.807, 2.05) is 48.5 Å². The van der Waals surface area contributed by atoms with Crippen LogP contribution in [-0.4, -0.2) is 5.16 Å². The van der Waals surface area contributed by atoms with Crippen molar-refractivity contribution >= 4 is 40.0 Å². The molecular weight excluding hydrogens is 387 g/mol. The molecule has 0 saturated carbocycles. The molecule has 20 heavy (non-hydrogen) atoms. The standard InChI is InChI=1S/C15H10ClIN2O/c16-11-5-1-9(2-6-11)13-14(20-19-15(13)18)10-3-7-12(17)8-4-10/h1-8H,(H2,18,19). The molecular formula is C15H10ClIN2O. The Kier molecular flexibility index (Phi) is 3.67. The van der Waals surface area contributed by atoms with Crippen LogP contribution in [0.3, 0.4) is 0 Å². The number of anilines is 1. The topological polar surface area (TPSA) is 52.0 Å². The van der Waals surface area contributed by atoms with E-state index in [4.69, 9.17) is 21.9 Å². The number of halogens is 2. The predicted octanol–water partition coefficient (Wildman–Crippen LogP) is 4.85. The van der Waals surface area contributed by atoms with Gasteiger partial charge in [0.1, 0.15) is 0 Å². The minimum Gasteiger partial charge on any atom is -0.380 e. The Morgan fingerprint density at radius 2 is 1.55 bits per heavy atom. The molecule has 2 aromatic carbocycles. The molecule has 3 rings (SSSR count). The zero-order chi connectivity index (χ0) is 14.1. The summed E-state index contributed by atoms with van der Waals surface area (Å²) in [5.41, 5.74) is 8.61. The number of nitrogens with zero attached hydrogens (tertiary/aromatic N) is 1. The van der Waals surface area contributed by atoms with Crippen LogP contribution in [0, 0.1) is 3.57 Å². The van der Waals surface area contributed by atoms with Gasteiger partial charge in [0.2, 0.25) is 0 Å². The second kappa shape index (κ2) is 5.46. The molecule has 0 amide bonds. The van der Waals surface area contributed by atoms with Gasteiger partial charge in [0, 0.05) is 14.2 Å². The monoisotopic (exact) mass is 396 g/mol. The summed E-state index contributed by atoms with van der Waals surface area (Å²) in [6.45, 7) is 0. The molecule has 0 atom stereocenters. The van der Waals surface area contributed by atoms with E-state index in [0.717, 1.165) is 20.3 Å². The summed E-state index contributed by atoms with van der Waals surface area (Å²) >= 11 is 8.18. The lowest BCUT2D eigenvalue weighted by molar-refractivity contribution is 0.436. The van der Waals surface area contributed by atoms with E-state index in [9.17, 15) is 0 Å². The van der Waals surface area contributed by atoms with Crippen LogP contribution in [0.5, 0.6) is 0 Å². The summed E-state index contributed by atoms with van der Waals surface area (Å²) in [6, 6.07) is 15.5. The Bertz CT molecular complexity index is 736. The van der Waals surface area contributed by atoms with Gasteiger partial charge < -0.3 is 10.3 Å². The van der Waals surface area contributed by atoms with Gasteiger partial charge in [-0.05, 0) is 52.4 Å². The third-order valence-electron chi connectivity index (χ3n) is 2.96. The van der Waals surface area contributed by atoms with Crippen molar-refractivity contribution in [2.45, 2.75) is 0 Å². The largest absolute Gasteiger partial charge is 0.380 e. The van der Waals surface area contributed by atoms with Crippen LogP contribution in [-0.2, 0) is 0 Å². The van der Waals surface area contributed by atoms with E-state index in [1.54, 1.807) is 0 Å². The van der Waals surface area contributed by atoms with Gasteiger partial charge in [0.15, 0.2) is 11.6 Å². The first-order chi connectivity index (χ1) is 9.65. The molecule has 0 unspecified atom stereocenters. The van der Waals surface area contributed by atoms with Gasteiger partial charge in [-0.15, -0.1) is 0 Å². The molecule has 0 aliphatic heterocycles. The molecule has 1 aromatic heterocycles. The molecule has 2 N–H and O–H groups in total. The average Bonchev–Trinajstić information content (AvgIpc) is 2.83. The third-order valence-corrected chi connectivity index (χ3v) is 3.93. The van der Waals surface area contributed by atoms with Crippen LogP contribution in [0.2, 0.25) is 5.02 Å². The highest BCUT2D eigenvalue weighted by Gasteiger charge is 2.17. The predicted molar refractivity (Wildman–Crippen MR) is 89.5 cm³/mol. The number of nitrogen functional groups attached to an aromatic ring is 1. The second-order valence-electron chi connectivity index (χ2n) is 4.29. The van der Waals surface area contributed by atoms with Gasteiger partial charge in [-0.2, -0.15) is 0 Å². The second-order valence-corrected chi connectivity index (χ2v) is 5.97. The Labute approximate surface area is 134 Å². The molecule has 0 saturated heterocycles. The van der Waals surface area contributed by atoms with Crippen molar-refractivity contribution in [1.82, 2.24) is 5.16 Å². The molecule has 3 nitrogen and oxygen atoms in total. The van der Waals surface area contributed by atoms with Gasteiger partial charge in [-0.25, -0.2) is 0 Å². The summed E-state index contributed by atoms with van der Waals surface area (Å²) in [7, 11) is 0. The molecule has 5 heteroatoms. The van der Waals surface area contributed by atoms with E-state index < -0.39 is 0 Å². The lowest BCUT2D eigenvalue weighted by Gasteiger charge is -2.03. The minimum atomic E-state index is 0.376. The summed E-state index contributed by atoms with van der Waals surface area (Å²) in [5, 5.41) is 4.56. The summed E-state index contributed by atoms with van der Waals surface area (Å²) < 4.78 is 6.55. The van der Waals surface area contributed by atoms with Crippen molar-refractivity contribution in [2.24, 2.45) is 0 Å². The van der Waals surface area contributed by atoms with Crippen LogP contribution < -0.4 is 5.73 Å².